The van der Waals surface area contributed by atoms with Crippen molar-refractivity contribution >= 4 is 23.0 Å². The Balaban J connectivity index is 2.21. The van der Waals surface area contributed by atoms with Gasteiger partial charge in [0.05, 0.1) is 10.8 Å². The van der Waals surface area contributed by atoms with Crippen molar-refractivity contribution in [1.29, 1.82) is 0 Å². The second-order valence-corrected chi connectivity index (χ2v) is 4.95. The van der Waals surface area contributed by atoms with Gasteiger partial charge in [-0.3, -0.25) is 10.1 Å². The van der Waals surface area contributed by atoms with Gasteiger partial charge in [-0.15, -0.1) is 11.6 Å². The smallest absolute Gasteiger partial charge is 0.273 e. The quantitative estimate of drug-likeness (QED) is 0.474. The summed E-state index contributed by atoms with van der Waals surface area (Å²) in [4.78, 5) is 12.4. The van der Waals surface area contributed by atoms with Crippen molar-refractivity contribution in [3.8, 4) is 0 Å². The number of alkyl halides is 1. The fraction of sp³-hybridized carbons (Fsp3) is 0.200. The number of nitrogens with zero attached hydrogens (tertiary/aromatic N) is 2. The van der Waals surface area contributed by atoms with Crippen LogP contribution in [0.4, 0.5) is 15.8 Å². The molecule has 2 rings (SSSR count). The van der Waals surface area contributed by atoms with Gasteiger partial charge in [-0.05, 0) is 29.8 Å². The molecule has 0 aliphatic rings. The summed E-state index contributed by atoms with van der Waals surface area (Å²) in [7, 11) is 1.86. The first-order chi connectivity index (χ1) is 10.0. The van der Waals surface area contributed by atoms with Crippen molar-refractivity contribution in [2.24, 2.45) is 0 Å². The van der Waals surface area contributed by atoms with Gasteiger partial charge in [0.2, 0.25) is 0 Å². The topological polar surface area (TPSA) is 46.4 Å². The molecule has 2 aromatic rings. The third-order valence-corrected chi connectivity index (χ3v) is 3.47. The summed E-state index contributed by atoms with van der Waals surface area (Å²) >= 11 is 5.77. The van der Waals surface area contributed by atoms with Gasteiger partial charge in [-0.1, -0.05) is 12.1 Å². The number of hydrogen-bond donors (Lipinski definition) is 0. The van der Waals surface area contributed by atoms with Gasteiger partial charge >= 0.3 is 0 Å². The van der Waals surface area contributed by atoms with Gasteiger partial charge in [0, 0.05) is 30.9 Å². The van der Waals surface area contributed by atoms with E-state index in [1.54, 1.807) is 24.3 Å². The van der Waals surface area contributed by atoms with Gasteiger partial charge in [0.25, 0.3) is 5.69 Å². The molecule has 0 heterocycles. The minimum atomic E-state index is -0.443. The molecule has 0 N–H and O–H groups in total. The van der Waals surface area contributed by atoms with Crippen LogP contribution in [0.3, 0.4) is 0 Å². The van der Waals surface area contributed by atoms with E-state index in [0.717, 1.165) is 11.3 Å². The van der Waals surface area contributed by atoms with E-state index < -0.39 is 4.92 Å². The van der Waals surface area contributed by atoms with E-state index in [1.165, 1.54) is 18.2 Å². The third-order valence-electron chi connectivity index (χ3n) is 3.18. The second-order valence-electron chi connectivity index (χ2n) is 4.69. The van der Waals surface area contributed by atoms with Crippen LogP contribution < -0.4 is 4.90 Å². The van der Waals surface area contributed by atoms with Crippen molar-refractivity contribution in [3.63, 3.8) is 0 Å². The average Bonchev–Trinajstić information content (AvgIpc) is 2.48. The Morgan fingerprint density at radius 3 is 2.48 bits per heavy atom. The van der Waals surface area contributed by atoms with Gasteiger partial charge in [-0.25, -0.2) is 4.39 Å². The Hall–Kier alpha value is -2.14. The van der Waals surface area contributed by atoms with E-state index >= 15 is 0 Å². The number of nitro benzene ring substituents is 1. The molecule has 0 unspecified atom stereocenters. The zero-order valence-electron chi connectivity index (χ0n) is 11.4. The number of hydrogen-bond acceptors (Lipinski definition) is 3. The number of halogens is 2. The molecule has 0 spiro atoms. The Morgan fingerprint density at radius 1 is 1.24 bits per heavy atom. The molecule has 0 aliphatic heterocycles. The van der Waals surface area contributed by atoms with Gasteiger partial charge in [0.1, 0.15) is 5.82 Å². The van der Waals surface area contributed by atoms with E-state index in [4.69, 9.17) is 11.6 Å². The average molecular weight is 309 g/mol. The molecule has 2 aromatic carbocycles. The summed E-state index contributed by atoms with van der Waals surface area (Å²) in [6.07, 6.45) is 0. The van der Waals surface area contributed by atoms with Gasteiger partial charge in [0.15, 0.2) is 0 Å². The molecule has 0 atom stereocenters. The molecular weight excluding hydrogens is 295 g/mol. The number of anilines is 1. The molecule has 0 saturated carbocycles. The van der Waals surface area contributed by atoms with Crippen molar-refractivity contribution < 1.29 is 9.31 Å². The van der Waals surface area contributed by atoms with Crippen molar-refractivity contribution in [1.82, 2.24) is 0 Å². The summed E-state index contributed by atoms with van der Waals surface area (Å²) in [6.45, 7) is 0.569. The highest BCUT2D eigenvalue weighted by atomic mass is 35.5. The first kappa shape index (κ1) is 15.3. The Morgan fingerprint density at radius 2 is 1.90 bits per heavy atom. The maximum absolute atomic E-state index is 12.9. The molecule has 6 heteroatoms. The molecule has 0 amide bonds. The van der Waals surface area contributed by atoms with Crippen LogP contribution in [0.5, 0.6) is 0 Å². The molecule has 21 heavy (non-hydrogen) atoms. The van der Waals surface area contributed by atoms with Crippen LogP contribution in [-0.4, -0.2) is 12.0 Å². The summed E-state index contributed by atoms with van der Waals surface area (Å²) in [5.41, 5.74) is 2.26. The van der Waals surface area contributed by atoms with Gasteiger partial charge < -0.3 is 4.90 Å². The van der Waals surface area contributed by atoms with Crippen LogP contribution in [0.1, 0.15) is 11.1 Å². The van der Waals surface area contributed by atoms with Crippen molar-refractivity contribution in [3.05, 3.63) is 69.5 Å². The van der Waals surface area contributed by atoms with Crippen molar-refractivity contribution in [2.45, 2.75) is 12.4 Å². The standard InChI is InChI=1S/C15H14ClFN2O2/c1-18(10-11-2-4-13(17)5-3-11)14-6-7-15(19(20)21)12(8-14)9-16/h2-8H,9-10H2,1H3. The van der Waals surface area contributed by atoms with Crippen LogP contribution in [0.2, 0.25) is 0 Å². The predicted molar refractivity (Wildman–Crippen MR) is 81.2 cm³/mol. The van der Waals surface area contributed by atoms with Crippen molar-refractivity contribution in [2.75, 3.05) is 11.9 Å². The number of benzene rings is 2. The lowest BCUT2D eigenvalue weighted by Crippen LogP contribution is -2.16. The van der Waals surface area contributed by atoms with E-state index in [9.17, 15) is 14.5 Å². The first-order valence-electron chi connectivity index (χ1n) is 6.30. The van der Waals surface area contributed by atoms with Crippen LogP contribution in [0, 0.1) is 15.9 Å². The Bertz CT molecular complexity index is 647. The second kappa shape index (κ2) is 6.54. The largest absolute Gasteiger partial charge is 0.370 e. The molecule has 4 nitrogen and oxygen atoms in total. The van der Waals surface area contributed by atoms with Crippen LogP contribution in [0.25, 0.3) is 0 Å². The maximum Gasteiger partial charge on any atom is 0.273 e. The highest BCUT2D eigenvalue weighted by Crippen LogP contribution is 2.26. The summed E-state index contributed by atoms with van der Waals surface area (Å²) in [5, 5.41) is 10.9. The summed E-state index contributed by atoms with van der Waals surface area (Å²) < 4.78 is 12.9. The molecule has 0 bridgehead atoms. The van der Waals surface area contributed by atoms with Crippen LogP contribution >= 0.6 is 11.6 Å². The highest BCUT2D eigenvalue weighted by molar-refractivity contribution is 6.17. The van der Waals surface area contributed by atoms with Crippen LogP contribution in [-0.2, 0) is 12.4 Å². The summed E-state index contributed by atoms with van der Waals surface area (Å²) in [5.74, 6) is -0.199. The highest BCUT2D eigenvalue weighted by Gasteiger charge is 2.14. The molecule has 0 saturated heterocycles. The zero-order chi connectivity index (χ0) is 15.4. The lowest BCUT2D eigenvalue weighted by molar-refractivity contribution is -0.385. The Kier molecular flexibility index (Phi) is 4.75. The fourth-order valence-electron chi connectivity index (χ4n) is 2.05. The lowest BCUT2D eigenvalue weighted by atomic mass is 10.1. The molecule has 110 valence electrons. The molecular formula is C15H14ClFN2O2. The lowest BCUT2D eigenvalue weighted by Gasteiger charge is -2.20. The minimum absolute atomic E-state index is 0.0175. The molecule has 0 radical (unpaired) electrons. The molecule has 0 fully saturated rings. The zero-order valence-corrected chi connectivity index (χ0v) is 12.2. The number of rotatable bonds is 5. The molecule has 0 aromatic heterocycles. The van der Waals surface area contributed by atoms with E-state index in [-0.39, 0.29) is 17.4 Å². The monoisotopic (exact) mass is 308 g/mol. The minimum Gasteiger partial charge on any atom is -0.370 e. The van der Waals surface area contributed by atoms with E-state index in [1.807, 2.05) is 11.9 Å². The van der Waals surface area contributed by atoms with E-state index in [0.29, 0.717) is 12.1 Å². The summed E-state index contributed by atoms with van der Waals surface area (Å²) in [6, 6.07) is 11.1. The van der Waals surface area contributed by atoms with E-state index in [2.05, 4.69) is 0 Å². The van der Waals surface area contributed by atoms with Gasteiger partial charge in [-0.2, -0.15) is 0 Å². The fourth-order valence-corrected chi connectivity index (χ4v) is 2.26. The Labute approximate surface area is 126 Å². The normalized spacial score (nSPS) is 10.4. The maximum atomic E-state index is 12.9. The van der Waals surface area contributed by atoms with Crippen LogP contribution in [0.15, 0.2) is 42.5 Å². The number of nitro groups is 1. The third kappa shape index (κ3) is 3.70. The SMILES string of the molecule is CN(Cc1ccc(F)cc1)c1ccc([N+](=O)[O-])c(CCl)c1. The molecule has 0 aliphatic carbocycles. The first-order valence-corrected chi connectivity index (χ1v) is 6.83. The predicted octanol–water partition coefficient (Wildman–Crippen LogP) is 4.11.